The molecular formula is C22H31N3O6S. The number of ether oxygens (including phenoxy) is 2. The highest BCUT2D eigenvalue weighted by Crippen LogP contribution is 2.30. The lowest BCUT2D eigenvalue weighted by Crippen LogP contribution is -2.34. The molecule has 0 atom stereocenters. The second-order valence-corrected chi connectivity index (χ2v) is 10.4. The lowest BCUT2D eigenvalue weighted by molar-refractivity contribution is 0.0490. The van der Waals surface area contributed by atoms with E-state index in [1.165, 1.54) is 22.5 Å². The number of aromatic nitrogens is 2. The van der Waals surface area contributed by atoms with Crippen molar-refractivity contribution in [3.8, 4) is 5.75 Å². The Morgan fingerprint density at radius 2 is 2.03 bits per heavy atom. The Kier molecular flexibility index (Phi) is 7.45. The number of rotatable bonds is 9. The molecule has 1 aliphatic heterocycles. The highest BCUT2D eigenvalue weighted by atomic mass is 32.2. The zero-order chi connectivity index (χ0) is 23.5. The predicted molar refractivity (Wildman–Crippen MR) is 120 cm³/mol. The van der Waals surface area contributed by atoms with Crippen LogP contribution in [-0.4, -0.2) is 55.6 Å². The summed E-state index contributed by atoms with van der Waals surface area (Å²) >= 11 is 0. The van der Waals surface area contributed by atoms with Gasteiger partial charge in [0, 0.05) is 33.0 Å². The van der Waals surface area contributed by atoms with E-state index < -0.39 is 16.0 Å². The molecule has 2 aromatic rings. The third-order valence-electron chi connectivity index (χ3n) is 5.37. The molecule has 1 saturated heterocycles. The summed E-state index contributed by atoms with van der Waals surface area (Å²) < 4.78 is 41.1. The van der Waals surface area contributed by atoms with Crippen LogP contribution in [0.1, 0.15) is 42.7 Å². The maximum Gasteiger partial charge on any atom is 0.339 e. The smallest absolute Gasteiger partial charge is 0.339 e. The van der Waals surface area contributed by atoms with Crippen molar-refractivity contribution in [2.45, 2.75) is 38.5 Å². The largest absolute Gasteiger partial charge is 0.492 e. The molecular weight excluding hydrogens is 434 g/mol. The summed E-state index contributed by atoms with van der Waals surface area (Å²) in [5.41, 5.74) is 0.870. The molecule has 0 unspecified atom stereocenters. The standard InChI is InChI=1S/C22H31N3O6S/c1-15(2)12-25(20-13-24(4)23-16(20)3)32(28,29)18-5-6-21(19(11-18)22(26)27)31-14-17-7-9-30-10-8-17/h5-6,11,13,15,17H,7-10,12,14H2,1-4H3,(H,26,27). The number of aromatic carboxylic acids is 1. The minimum absolute atomic E-state index is 0.0467. The minimum Gasteiger partial charge on any atom is -0.492 e. The molecule has 0 spiro atoms. The Morgan fingerprint density at radius 3 is 2.59 bits per heavy atom. The number of hydrogen-bond acceptors (Lipinski definition) is 6. The van der Waals surface area contributed by atoms with Gasteiger partial charge in [0.25, 0.3) is 10.0 Å². The number of anilines is 1. The molecule has 32 heavy (non-hydrogen) atoms. The van der Waals surface area contributed by atoms with Crippen LogP contribution in [0.15, 0.2) is 29.3 Å². The van der Waals surface area contributed by atoms with Gasteiger partial charge in [-0.3, -0.25) is 8.99 Å². The maximum atomic E-state index is 13.6. The van der Waals surface area contributed by atoms with Crippen molar-refractivity contribution in [1.82, 2.24) is 9.78 Å². The summed E-state index contributed by atoms with van der Waals surface area (Å²) in [5, 5.41) is 14.0. The average Bonchev–Trinajstić information content (AvgIpc) is 3.08. The van der Waals surface area contributed by atoms with Crippen molar-refractivity contribution in [3.63, 3.8) is 0 Å². The third-order valence-corrected chi connectivity index (χ3v) is 7.15. The fraction of sp³-hybridized carbons (Fsp3) is 0.545. The summed E-state index contributed by atoms with van der Waals surface area (Å²) in [4.78, 5) is 11.8. The third kappa shape index (κ3) is 5.42. The molecule has 2 heterocycles. The highest BCUT2D eigenvalue weighted by Gasteiger charge is 2.30. The Morgan fingerprint density at radius 1 is 1.34 bits per heavy atom. The van der Waals surface area contributed by atoms with Gasteiger partial charge in [0.2, 0.25) is 0 Å². The fourth-order valence-corrected chi connectivity index (χ4v) is 5.39. The summed E-state index contributed by atoms with van der Waals surface area (Å²) in [5.74, 6) is -0.748. The van der Waals surface area contributed by atoms with Crippen LogP contribution in [0, 0.1) is 18.8 Å². The van der Waals surface area contributed by atoms with Gasteiger partial charge < -0.3 is 14.6 Å². The monoisotopic (exact) mass is 465 g/mol. The van der Waals surface area contributed by atoms with Crippen molar-refractivity contribution in [3.05, 3.63) is 35.7 Å². The topological polar surface area (TPSA) is 111 Å². The molecule has 1 fully saturated rings. The number of carbonyl (C=O) groups is 1. The van der Waals surface area contributed by atoms with Crippen LogP contribution in [-0.2, 0) is 21.8 Å². The average molecular weight is 466 g/mol. The predicted octanol–water partition coefficient (Wildman–Crippen LogP) is 3.08. The van der Waals surface area contributed by atoms with Crippen LogP contribution in [0.25, 0.3) is 0 Å². The summed E-state index contributed by atoms with van der Waals surface area (Å²) in [6, 6.07) is 4.01. The Bertz CT molecular complexity index is 1060. The lowest BCUT2D eigenvalue weighted by Gasteiger charge is -2.26. The van der Waals surface area contributed by atoms with Gasteiger partial charge in [-0.05, 0) is 49.8 Å². The quantitative estimate of drug-likeness (QED) is 0.606. The van der Waals surface area contributed by atoms with Gasteiger partial charge in [-0.25, -0.2) is 13.2 Å². The fourth-order valence-electron chi connectivity index (χ4n) is 3.70. The Balaban J connectivity index is 1.94. The number of benzene rings is 1. The summed E-state index contributed by atoms with van der Waals surface area (Å²) in [7, 11) is -2.30. The van der Waals surface area contributed by atoms with Gasteiger partial charge in [-0.15, -0.1) is 0 Å². The second kappa shape index (κ2) is 9.91. The molecule has 1 aromatic carbocycles. The van der Waals surface area contributed by atoms with Gasteiger partial charge in [0.15, 0.2) is 0 Å². The number of aryl methyl sites for hydroxylation is 2. The van der Waals surface area contributed by atoms with Crippen molar-refractivity contribution in [2.75, 3.05) is 30.7 Å². The number of carboxylic acids is 1. The van der Waals surface area contributed by atoms with E-state index in [1.54, 1.807) is 24.9 Å². The SMILES string of the molecule is Cc1nn(C)cc1N(CC(C)C)S(=O)(=O)c1ccc(OCC2CCOCC2)c(C(=O)O)c1. The zero-order valence-corrected chi connectivity index (χ0v) is 19.8. The van der Waals surface area contributed by atoms with Gasteiger partial charge in [-0.1, -0.05) is 13.8 Å². The maximum absolute atomic E-state index is 13.6. The van der Waals surface area contributed by atoms with E-state index in [0.29, 0.717) is 31.2 Å². The normalized spacial score (nSPS) is 15.2. The molecule has 10 heteroatoms. The van der Waals surface area contributed by atoms with Gasteiger partial charge >= 0.3 is 5.97 Å². The number of hydrogen-bond donors (Lipinski definition) is 1. The Labute approximate surface area is 189 Å². The van der Waals surface area contributed by atoms with E-state index in [0.717, 1.165) is 12.8 Å². The molecule has 1 aliphatic rings. The van der Waals surface area contributed by atoms with Crippen LogP contribution in [0.4, 0.5) is 5.69 Å². The molecule has 9 nitrogen and oxygen atoms in total. The Hall–Kier alpha value is -2.59. The van der Waals surface area contributed by atoms with Crippen molar-refractivity contribution in [1.29, 1.82) is 0 Å². The van der Waals surface area contributed by atoms with Crippen molar-refractivity contribution in [2.24, 2.45) is 18.9 Å². The number of nitrogens with zero attached hydrogens (tertiary/aromatic N) is 3. The molecule has 0 bridgehead atoms. The molecule has 0 aliphatic carbocycles. The number of sulfonamides is 1. The molecule has 0 radical (unpaired) electrons. The first-order valence-electron chi connectivity index (χ1n) is 10.7. The molecule has 1 N–H and O–H groups in total. The first-order chi connectivity index (χ1) is 15.1. The molecule has 0 saturated carbocycles. The summed E-state index contributed by atoms with van der Waals surface area (Å²) in [6.45, 7) is 7.51. The zero-order valence-electron chi connectivity index (χ0n) is 18.9. The lowest BCUT2D eigenvalue weighted by atomic mass is 10.0. The van der Waals surface area contributed by atoms with Crippen LogP contribution < -0.4 is 9.04 Å². The van der Waals surface area contributed by atoms with Gasteiger partial charge in [-0.2, -0.15) is 5.10 Å². The van der Waals surface area contributed by atoms with E-state index in [2.05, 4.69) is 5.10 Å². The van der Waals surface area contributed by atoms with Gasteiger partial charge in [0.05, 0.1) is 22.9 Å². The van der Waals surface area contributed by atoms with Crippen LogP contribution >= 0.6 is 0 Å². The van der Waals surface area contributed by atoms with Crippen LogP contribution in [0.5, 0.6) is 5.75 Å². The molecule has 0 amide bonds. The molecule has 176 valence electrons. The van der Waals surface area contributed by atoms with E-state index in [4.69, 9.17) is 9.47 Å². The second-order valence-electron chi connectivity index (χ2n) is 8.53. The molecule has 1 aromatic heterocycles. The van der Waals surface area contributed by atoms with Gasteiger partial charge in [0.1, 0.15) is 11.3 Å². The minimum atomic E-state index is -4.02. The summed E-state index contributed by atoms with van der Waals surface area (Å²) in [6.07, 6.45) is 3.35. The van der Waals surface area contributed by atoms with E-state index in [1.807, 2.05) is 13.8 Å². The van der Waals surface area contributed by atoms with E-state index in [9.17, 15) is 18.3 Å². The first-order valence-corrected chi connectivity index (χ1v) is 12.1. The highest BCUT2D eigenvalue weighted by molar-refractivity contribution is 7.92. The van der Waals surface area contributed by atoms with Crippen molar-refractivity contribution >= 4 is 21.7 Å². The van der Waals surface area contributed by atoms with Crippen molar-refractivity contribution < 1.29 is 27.8 Å². The first kappa shape index (κ1) is 24.1. The molecule has 3 rings (SSSR count). The number of carboxylic acid groups (broad SMARTS) is 1. The van der Waals surface area contributed by atoms with Crippen LogP contribution in [0.3, 0.4) is 0 Å². The van der Waals surface area contributed by atoms with E-state index in [-0.39, 0.29) is 34.6 Å². The van der Waals surface area contributed by atoms with E-state index >= 15 is 0 Å². The van der Waals surface area contributed by atoms with Crippen LogP contribution in [0.2, 0.25) is 0 Å².